The van der Waals surface area contributed by atoms with Crippen LogP contribution in [-0.4, -0.2) is 16.2 Å². The number of anilines is 1. The average Bonchev–Trinajstić information content (AvgIpc) is 2.94. The summed E-state index contributed by atoms with van der Waals surface area (Å²) in [4.78, 5) is 11.4. The van der Waals surface area contributed by atoms with Crippen LogP contribution in [0.15, 0.2) is 40.2 Å². The van der Waals surface area contributed by atoms with Crippen LogP contribution in [0.4, 0.5) is 5.82 Å². The number of aryl methyl sites for hydroxylation is 2. The van der Waals surface area contributed by atoms with E-state index >= 15 is 0 Å². The van der Waals surface area contributed by atoms with Crippen molar-refractivity contribution in [2.24, 2.45) is 5.10 Å². The summed E-state index contributed by atoms with van der Waals surface area (Å²) in [6.07, 6.45) is 8.22. The fourth-order valence-electron chi connectivity index (χ4n) is 2.93. The van der Waals surface area contributed by atoms with Crippen molar-refractivity contribution in [3.8, 4) is 0 Å². The molecule has 3 aromatic rings. The summed E-state index contributed by atoms with van der Waals surface area (Å²) < 4.78 is 1.04. The number of thiophene rings is 1. The number of hydrazone groups is 1. The predicted molar refractivity (Wildman–Crippen MR) is 99.4 cm³/mol. The van der Waals surface area contributed by atoms with E-state index in [-0.39, 0.29) is 0 Å². The van der Waals surface area contributed by atoms with Crippen molar-refractivity contribution in [1.29, 1.82) is 0 Å². The Morgan fingerprint density at radius 1 is 1.22 bits per heavy atom. The van der Waals surface area contributed by atoms with E-state index in [9.17, 15) is 0 Å². The second-order valence-electron chi connectivity index (χ2n) is 5.54. The average molecular weight is 387 g/mol. The van der Waals surface area contributed by atoms with Gasteiger partial charge >= 0.3 is 0 Å². The Hall–Kier alpha value is -1.79. The van der Waals surface area contributed by atoms with Gasteiger partial charge in [0.15, 0.2) is 5.82 Å². The van der Waals surface area contributed by atoms with Gasteiger partial charge in [0.2, 0.25) is 0 Å². The summed E-state index contributed by atoms with van der Waals surface area (Å²) in [5.74, 6) is 0.806. The van der Waals surface area contributed by atoms with Crippen molar-refractivity contribution >= 4 is 49.5 Å². The number of halogens is 1. The van der Waals surface area contributed by atoms with Gasteiger partial charge in [-0.25, -0.2) is 9.97 Å². The number of rotatable bonds is 3. The highest BCUT2D eigenvalue weighted by molar-refractivity contribution is 9.10. The maximum absolute atomic E-state index is 4.43. The van der Waals surface area contributed by atoms with Gasteiger partial charge < -0.3 is 0 Å². The monoisotopic (exact) mass is 386 g/mol. The van der Waals surface area contributed by atoms with E-state index in [4.69, 9.17) is 0 Å². The summed E-state index contributed by atoms with van der Waals surface area (Å²) in [5.41, 5.74) is 5.55. The highest BCUT2D eigenvalue weighted by Gasteiger charge is 2.19. The van der Waals surface area contributed by atoms with Crippen molar-refractivity contribution in [3.63, 3.8) is 0 Å². The van der Waals surface area contributed by atoms with Crippen molar-refractivity contribution < 1.29 is 0 Å². The highest BCUT2D eigenvalue weighted by atomic mass is 79.9. The molecule has 0 fully saturated rings. The van der Waals surface area contributed by atoms with E-state index < -0.39 is 0 Å². The molecule has 23 heavy (non-hydrogen) atoms. The van der Waals surface area contributed by atoms with Crippen LogP contribution < -0.4 is 5.43 Å². The van der Waals surface area contributed by atoms with Crippen molar-refractivity contribution in [2.45, 2.75) is 25.7 Å². The SMILES string of the molecule is Brc1cccc(C=NNc2ncnc3sc4c(c23)CCCC4)c1. The quantitative estimate of drug-likeness (QED) is 0.520. The van der Waals surface area contributed by atoms with Crippen LogP contribution in [0.25, 0.3) is 10.2 Å². The first-order valence-corrected chi connectivity index (χ1v) is 9.22. The number of nitrogens with one attached hydrogen (secondary N) is 1. The smallest absolute Gasteiger partial charge is 0.158 e. The summed E-state index contributed by atoms with van der Waals surface area (Å²) in [6.45, 7) is 0. The van der Waals surface area contributed by atoms with Crippen molar-refractivity contribution in [2.75, 3.05) is 5.43 Å². The zero-order valence-corrected chi connectivity index (χ0v) is 14.8. The molecule has 1 aromatic carbocycles. The molecule has 0 saturated heterocycles. The standard InChI is InChI=1S/C17H15BrN4S/c18-12-5-3-4-11(8-12)9-21-22-16-15-13-6-1-2-7-14(13)23-17(15)20-10-19-16/h3-5,8-10H,1-2,6-7H2,(H,19,20,22). The van der Waals surface area contributed by atoms with Crippen LogP contribution >= 0.6 is 27.3 Å². The van der Waals surface area contributed by atoms with Gasteiger partial charge in [-0.2, -0.15) is 5.10 Å². The second-order valence-corrected chi connectivity index (χ2v) is 7.54. The lowest BCUT2D eigenvalue weighted by atomic mass is 9.97. The third-order valence-corrected chi connectivity index (χ3v) is 5.68. The lowest BCUT2D eigenvalue weighted by molar-refractivity contribution is 0.700. The number of benzene rings is 1. The van der Waals surface area contributed by atoms with Gasteiger partial charge in [0.05, 0.1) is 11.6 Å². The molecule has 4 nitrogen and oxygen atoms in total. The molecule has 0 unspecified atom stereocenters. The van der Waals surface area contributed by atoms with Crippen molar-refractivity contribution in [1.82, 2.24) is 9.97 Å². The van der Waals surface area contributed by atoms with Crippen LogP contribution in [0.2, 0.25) is 0 Å². The summed E-state index contributed by atoms with van der Waals surface area (Å²) in [6, 6.07) is 8.02. The zero-order valence-electron chi connectivity index (χ0n) is 12.4. The van der Waals surface area contributed by atoms with Gasteiger partial charge in [-0.05, 0) is 48.9 Å². The number of hydrogen-bond donors (Lipinski definition) is 1. The molecule has 6 heteroatoms. The van der Waals surface area contributed by atoms with Gasteiger partial charge in [-0.15, -0.1) is 11.3 Å². The lowest BCUT2D eigenvalue weighted by Gasteiger charge is -2.11. The van der Waals surface area contributed by atoms with Crippen LogP contribution in [-0.2, 0) is 12.8 Å². The maximum Gasteiger partial charge on any atom is 0.158 e. The number of aromatic nitrogens is 2. The first kappa shape index (κ1) is 14.8. The van der Waals surface area contributed by atoms with Crippen molar-refractivity contribution in [3.05, 3.63) is 51.1 Å². The highest BCUT2D eigenvalue weighted by Crippen LogP contribution is 2.38. The molecule has 0 spiro atoms. The Balaban J connectivity index is 1.65. The minimum Gasteiger partial charge on any atom is -0.261 e. The normalized spacial score (nSPS) is 14.3. The van der Waals surface area contributed by atoms with E-state index in [1.165, 1.54) is 23.3 Å². The number of fused-ring (bicyclic) bond motifs is 3. The van der Waals surface area contributed by atoms with Gasteiger partial charge in [0, 0.05) is 9.35 Å². The van der Waals surface area contributed by atoms with Gasteiger partial charge in [-0.3, -0.25) is 5.43 Å². The van der Waals surface area contributed by atoms with Crippen LogP contribution in [0.3, 0.4) is 0 Å². The molecule has 0 aliphatic heterocycles. The topological polar surface area (TPSA) is 50.2 Å². The fourth-order valence-corrected chi connectivity index (χ4v) is 4.58. The molecule has 1 aliphatic carbocycles. The number of hydrogen-bond acceptors (Lipinski definition) is 5. The first-order valence-electron chi connectivity index (χ1n) is 7.61. The third-order valence-electron chi connectivity index (χ3n) is 3.98. The molecule has 1 aliphatic rings. The van der Waals surface area contributed by atoms with Crippen LogP contribution in [0.5, 0.6) is 0 Å². The molecule has 2 heterocycles. The molecule has 0 atom stereocenters. The Bertz CT molecular complexity index is 887. The van der Waals surface area contributed by atoms with E-state index in [0.717, 1.165) is 38.9 Å². The minimum absolute atomic E-state index is 0.806. The molecule has 0 saturated carbocycles. The lowest BCUT2D eigenvalue weighted by Crippen LogP contribution is -2.00. The Morgan fingerprint density at radius 3 is 3.04 bits per heavy atom. The Kier molecular flexibility index (Phi) is 4.10. The van der Waals surface area contributed by atoms with Gasteiger partial charge in [0.25, 0.3) is 0 Å². The maximum atomic E-state index is 4.43. The first-order chi connectivity index (χ1) is 11.3. The molecule has 2 aromatic heterocycles. The molecule has 0 radical (unpaired) electrons. The molecular weight excluding hydrogens is 372 g/mol. The van der Waals surface area contributed by atoms with Crippen LogP contribution in [0, 0.1) is 0 Å². The molecule has 1 N–H and O–H groups in total. The van der Waals surface area contributed by atoms with Crippen LogP contribution in [0.1, 0.15) is 28.8 Å². The Morgan fingerprint density at radius 2 is 2.13 bits per heavy atom. The zero-order chi connectivity index (χ0) is 15.6. The summed E-state index contributed by atoms with van der Waals surface area (Å²) >= 11 is 5.26. The second kappa shape index (κ2) is 6.37. The van der Waals surface area contributed by atoms with E-state index in [1.807, 2.05) is 24.3 Å². The molecule has 0 bridgehead atoms. The third kappa shape index (κ3) is 3.01. The summed E-state index contributed by atoms with van der Waals surface area (Å²) in [5, 5.41) is 5.50. The molecule has 4 rings (SSSR count). The molecule has 116 valence electrons. The molecular formula is C17H15BrN4S. The minimum atomic E-state index is 0.806. The largest absolute Gasteiger partial charge is 0.261 e. The summed E-state index contributed by atoms with van der Waals surface area (Å²) in [7, 11) is 0. The van der Waals surface area contributed by atoms with E-state index in [2.05, 4.69) is 36.4 Å². The molecule has 0 amide bonds. The Labute approximate surface area is 146 Å². The van der Waals surface area contributed by atoms with Gasteiger partial charge in [-0.1, -0.05) is 28.1 Å². The fraction of sp³-hybridized carbons (Fsp3) is 0.235. The predicted octanol–water partition coefficient (Wildman–Crippen LogP) is 4.78. The van der Waals surface area contributed by atoms with E-state index in [1.54, 1.807) is 23.9 Å². The van der Waals surface area contributed by atoms with E-state index in [0.29, 0.717) is 0 Å². The van der Waals surface area contributed by atoms with Gasteiger partial charge in [0.1, 0.15) is 11.2 Å². The number of nitrogens with zero attached hydrogens (tertiary/aromatic N) is 3.